The number of carbonyl (C=O) groups is 1. The number of aromatic nitrogens is 5. The number of likely N-dealkylation sites (tertiary alicyclic amines) is 1. The lowest BCUT2D eigenvalue weighted by atomic mass is 9.94. The van der Waals surface area contributed by atoms with Crippen molar-refractivity contribution in [1.82, 2.24) is 34.8 Å². The number of piperidine rings is 1. The molecule has 1 aliphatic rings. The summed E-state index contributed by atoms with van der Waals surface area (Å²) in [5.41, 5.74) is 5.81. The molecule has 9 nitrogen and oxygen atoms in total. The van der Waals surface area contributed by atoms with E-state index < -0.39 is 6.09 Å². The Morgan fingerprint density at radius 1 is 0.811 bits per heavy atom. The summed E-state index contributed by atoms with van der Waals surface area (Å²) in [7, 11) is 0. The van der Waals surface area contributed by atoms with Gasteiger partial charge in [-0.3, -0.25) is 9.36 Å². The molecule has 0 radical (unpaired) electrons. The minimum Gasteiger partial charge on any atom is -0.465 e. The van der Waals surface area contributed by atoms with Gasteiger partial charge in [-0.05, 0) is 124 Å². The van der Waals surface area contributed by atoms with Crippen LogP contribution in [-0.2, 0) is 11.1 Å². The van der Waals surface area contributed by atoms with E-state index in [-0.39, 0.29) is 34.2 Å². The Morgan fingerprint density at radius 2 is 1.30 bits per heavy atom. The number of carboxylic acid groups (broad SMARTS) is 1. The van der Waals surface area contributed by atoms with E-state index in [1.165, 1.54) is 29.2 Å². The Morgan fingerprint density at radius 3 is 1.79 bits per heavy atom. The van der Waals surface area contributed by atoms with Gasteiger partial charge in [0.15, 0.2) is 0 Å². The van der Waals surface area contributed by atoms with Crippen molar-refractivity contribution in [1.29, 1.82) is 0 Å². The molecule has 1 saturated heterocycles. The lowest BCUT2D eigenvalue weighted by Gasteiger charge is -2.29. The number of thiocarbonyl (C=S) groups is 1. The Kier molecular flexibility index (Phi) is 11.6. The average Bonchev–Trinajstić information content (AvgIpc) is 3.84. The minimum atomic E-state index is -0.856. The molecule has 3 aromatic heterocycles. The first-order valence-corrected chi connectivity index (χ1v) is 19.0. The van der Waals surface area contributed by atoms with E-state index in [1.54, 1.807) is 41.8 Å². The summed E-state index contributed by atoms with van der Waals surface area (Å²) in [5, 5.41) is 24.6. The molecule has 2 aromatic carbocycles. The minimum absolute atomic E-state index is 0.138. The molecular formula is C40H49F2N7O2S2. The Hall–Kier alpha value is -4.49. The average molecular weight is 762 g/mol. The van der Waals surface area contributed by atoms with Crippen LogP contribution in [-0.4, -0.2) is 64.3 Å². The van der Waals surface area contributed by atoms with Crippen LogP contribution in [0.2, 0.25) is 0 Å². The van der Waals surface area contributed by atoms with Crippen molar-refractivity contribution in [2.45, 2.75) is 97.7 Å². The molecule has 0 atom stereocenters. The molecule has 0 unspecified atom stereocenters. The number of hydrogen-bond acceptors (Lipinski definition) is 6. The number of hydrogen-bond donors (Lipinski definition) is 2. The van der Waals surface area contributed by atoms with Gasteiger partial charge in [0.2, 0.25) is 0 Å². The van der Waals surface area contributed by atoms with Crippen molar-refractivity contribution in [2.24, 2.45) is 0 Å². The lowest BCUT2D eigenvalue weighted by Crippen LogP contribution is -2.40. The number of halogens is 2. The molecule has 0 spiro atoms. The van der Waals surface area contributed by atoms with Crippen molar-refractivity contribution < 1.29 is 18.7 Å². The number of rotatable bonds is 5. The quantitative estimate of drug-likeness (QED) is 0.172. The monoisotopic (exact) mass is 761 g/mol. The summed E-state index contributed by atoms with van der Waals surface area (Å²) in [6.07, 6.45) is 4.32. The van der Waals surface area contributed by atoms with Gasteiger partial charge < -0.3 is 15.3 Å². The second-order valence-electron chi connectivity index (χ2n) is 16.3. The first-order chi connectivity index (χ1) is 24.7. The topological polar surface area (TPSA) is 101 Å². The van der Waals surface area contributed by atoms with Crippen LogP contribution in [0.1, 0.15) is 92.3 Å². The second-order valence-corrected chi connectivity index (χ2v) is 17.6. The van der Waals surface area contributed by atoms with Gasteiger partial charge in [0.1, 0.15) is 21.6 Å². The normalized spacial score (nSPS) is 14.1. The largest absolute Gasteiger partial charge is 0.465 e. The second kappa shape index (κ2) is 15.5. The summed E-state index contributed by atoms with van der Waals surface area (Å²) in [4.78, 5) is 18.1. The third-order valence-electron chi connectivity index (χ3n) is 8.71. The van der Waals surface area contributed by atoms with E-state index >= 15 is 0 Å². The van der Waals surface area contributed by atoms with Gasteiger partial charge in [-0.2, -0.15) is 10.2 Å². The molecule has 1 aliphatic heterocycles. The number of nitrogens with zero attached hydrogens (tertiary/aromatic N) is 6. The third kappa shape index (κ3) is 9.55. The van der Waals surface area contributed by atoms with Crippen LogP contribution in [0.3, 0.4) is 0 Å². The van der Waals surface area contributed by atoms with Crippen LogP contribution >= 0.6 is 23.6 Å². The third-order valence-corrected chi connectivity index (χ3v) is 9.93. The molecule has 1 amide bonds. The molecule has 0 aliphatic carbocycles. The fourth-order valence-corrected chi connectivity index (χ4v) is 7.55. The molecule has 6 rings (SSSR count). The molecule has 5 aromatic rings. The van der Waals surface area contributed by atoms with Crippen LogP contribution in [0.25, 0.3) is 33.1 Å². The van der Waals surface area contributed by atoms with E-state index in [1.807, 2.05) is 15.6 Å². The zero-order chi connectivity index (χ0) is 38.9. The summed E-state index contributed by atoms with van der Waals surface area (Å²) in [6.45, 7) is 19.7. The van der Waals surface area contributed by atoms with Gasteiger partial charge in [0.25, 0.3) is 0 Å². The first kappa shape index (κ1) is 39.7. The summed E-state index contributed by atoms with van der Waals surface area (Å²) >= 11 is 7.15. The highest BCUT2D eigenvalue weighted by molar-refractivity contribution is 7.80. The zero-order valence-corrected chi connectivity index (χ0v) is 33.5. The van der Waals surface area contributed by atoms with Crippen LogP contribution < -0.4 is 5.32 Å². The lowest BCUT2D eigenvalue weighted by molar-refractivity contribution is 0.132. The predicted molar refractivity (Wildman–Crippen MR) is 213 cm³/mol. The number of nitrogens with one attached hydrogen (secondary N) is 1. The molecule has 53 heavy (non-hydrogen) atoms. The molecule has 1 fully saturated rings. The zero-order valence-electron chi connectivity index (χ0n) is 31.9. The van der Waals surface area contributed by atoms with Crippen LogP contribution in [0.5, 0.6) is 0 Å². The predicted octanol–water partition coefficient (Wildman–Crippen LogP) is 9.93. The first-order valence-electron chi connectivity index (χ1n) is 17.7. The van der Waals surface area contributed by atoms with Gasteiger partial charge in [-0.15, -0.1) is 11.3 Å². The van der Waals surface area contributed by atoms with E-state index in [0.717, 1.165) is 57.2 Å². The molecule has 2 N–H and O–H groups in total. The smallest absolute Gasteiger partial charge is 0.407 e. The molecule has 282 valence electrons. The Labute approximate surface area is 320 Å². The van der Waals surface area contributed by atoms with Crippen molar-refractivity contribution >= 4 is 34.6 Å². The molecule has 4 heterocycles. The molecule has 0 bridgehead atoms. The van der Waals surface area contributed by atoms with Crippen molar-refractivity contribution in [3.8, 4) is 33.1 Å². The highest BCUT2D eigenvalue weighted by atomic mass is 32.1. The van der Waals surface area contributed by atoms with E-state index in [4.69, 9.17) is 22.3 Å². The maximum Gasteiger partial charge on any atom is 0.407 e. The van der Waals surface area contributed by atoms with Crippen LogP contribution in [0.4, 0.5) is 13.6 Å². The van der Waals surface area contributed by atoms with Gasteiger partial charge in [0.05, 0.1) is 51.7 Å². The van der Waals surface area contributed by atoms with Gasteiger partial charge in [-0.1, -0.05) is 12.2 Å². The summed E-state index contributed by atoms with van der Waals surface area (Å²) < 4.78 is 30.7. The van der Waals surface area contributed by atoms with Crippen molar-refractivity contribution in [3.63, 3.8) is 0 Å². The van der Waals surface area contributed by atoms with Gasteiger partial charge in [-0.25, -0.2) is 18.6 Å². The van der Waals surface area contributed by atoms with Gasteiger partial charge >= 0.3 is 6.09 Å². The van der Waals surface area contributed by atoms with Crippen LogP contribution in [0, 0.1) is 11.6 Å². The molecule has 0 saturated carbocycles. The Bertz CT molecular complexity index is 2040. The van der Waals surface area contributed by atoms with E-state index in [0.29, 0.717) is 18.1 Å². The van der Waals surface area contributed by atoms with Gasteiger partial charge in [0, 0.05) is 41.1 Å². The maximum atomic E-state index is 13.5. The Balaban J connectivity index is 0.000000212. The number of amides is 1. The highest BCUT2D eigenvalue weighted by Crippen LogP contribution is 2.39. The number of benzene rings is 2. The SMILES string of the molecule is CC(C)(C)NC(=S)c1cnn(C(C)(C)C)c1-c1ccc(F)cc1.CC(C)(C)n1ncc(-c2nc(C3CCN(C(=O)O)CC3)cs2)c1-c1ccc(F)cc1. The molecule has 13 heteroatoms. The summed E-state index contributed by atoms with van der Waals surface area (Å²) in [6, 6.07) is 12.9. The van der Waals surface area contributed by atoms with E-state index in [9.17, 15) is 13.6 Å². The van der Waals surface area contributed by atoms with Crippen molar-refractivity contribution in [2.75, 3.05) is 13.1 Å². The standard InChI is InChI=1S/C22H25FN4O2S.C18H24FN3S/c1-22(2,3)27-19(15-4-6-16(23)7-5-15)17(12-24-27)20-25-18(13-30-20)14-8-10-26(11-9-14)21(28)29;1-17(2,3)21-16(23)14-11-20-22(18(4,5)6)15(14)12-7-9-13(19)10-8-12/h4-7,12-14H,8-11H2,1-3H3,(H,28,29);7-11H,1-6H3,(H,21,23). The van der Waals surface area contributed by atoms with E-state index in [2.05, 4.69) is 83.2 Å². The summed E-state index contributed by atoms with van der Waals surface area (Å²) in [5.74, 6) is -0.267. The fourth-order valence-electron chi connectivity index (χ4n) is 6.18. The fraction of sp³-hybridized carbons (Fsp3) is 0.425. The molecular weight excluding hydrogens is 713 g/mol. The van der Waals surface area contributed by atoms with Crippen LogP contribution in [0.15, 0.2) is 66.3 Å². The van der Waals surface area contributed by atoms with Crippen molar-refractivity contribution in [3.05, 3.63) is 89.2 Å². The number of thiazole rings is 1. The maximum absolute atomic E-state index is 13.5. The highest BCUT2D eigenvalue weighted by Gasteiger charge is 2.28.